The molecule has 0 aromatic heterocycles. The molecule has 3 heteroatoms. The summed E-state index contributed by atoms with van der Waals surface area (Å²) in [6.45, 7) is 9.71. The lowest BCUT2D eigenvalue weighted by Gasteiger charge is -2.23. The van der Waals surface area contributed by atoms with E-state index in [0.717, 1.165) is 19.6 Å². The smallest absolute Gasteiger partial charge is 0.0791 e. The highest BCUT2D eigenvalue weighted by Gasteiger charge is 2.11. The summed E-state index contributed by atoms with van der Waals surface area (Å²) < 4.78 is 0. The van der Waals surface area contributed by atoms with E-state index in [1.165, 1.54) is 5.56 Å². The van der Waals surface area contributed by atoms with Crippen LogP contribution in [0, 0.1) is 0 Å². The predicted octanol–water partition coefficient (Wildman–Crippen LogP) is 2.04. The van der Waals surface area contributed by atoms with Crippen molar-refractivity contribution in [1.29, 1.82) is 0 Å². The highest BCUT2D eigenvalue weighted by Crippen LogP contribution is 2.10. The second kappa shape index (κ2) is 8.25. The maximum atomic E-state index is 9.97. The molecule has 0 saturated heterocycles. The zero-order chi connectivity index (χ0) is 13.4. The van der Waals surface area contributed by atoms with Crippen LogP contribution in [0.2, 0.25) is 0 Å². The summed E-state index contributed by atoms with van der Waals surface area (Å²) in [4.78, 5) is 2.24. The lowest BCUT2D eigenvalue weighted by molar-refractivity contribution is 0.114. The molecule has 1 aromatic rings. The Morgan fingerprint density at radius 3 is 2.33 bits per heavy atom. The second-order valence-corrected chi connectivity index (χ2v) is 4.68. The SMILES string of the molecule is CCN(CC)CC(O)CN[C@H](C)c1ccccc1. The molecule has 2 atom stereocenters. The molecule has 1 unspecified atom stereocenters. The highest BCUT2D eigenvalue weighted by atomic mass is 16.3. The fourth-order valence-electron chi connectivity index (χ4n) is 2.02. The van der Waals surface area contributed by atoms with Gasteiger partial charge in [-0.3, -0.25) is 0 Å². The Hall–Kier alpha value is -0.900. The minimum absolute atomic E-state index is 0.276. The monoisotopic (exact) mass is 250 g/mol. The van der Waals surface area contributed by atoms with E-state index >= 15 is 0 Å². The molecule has 0 fully saturated rings. The first-order chi connectivity index (χ1) is 8.67. The van der Waals surface area contributed by atoms with Crippen molar-refractivity contribution in [2.45, 2.75) is 32.9 Å². The van der Waals surface area contributed by atoms with E-state index in [1.807, 2.05) is 18.2 Å². The molecular formula is C15H26N2O. The molecule has 0 bridgehead atoms. The Kier molecular flexibility index (Phi) is 6.94. The molecular weight excluding hydrogens is 224 g/mol. The molecule has 0 amide bonds. The lowest BCUT2D eigenvalue weighted by atomic mass is 10.1. The molecule has 18 heavy (non-hydrogen) atoms. The average molecular weight is 250 g/mol. The number of aliphatic hydroxyl groups excluding tert-OH is 1. The number of hydrogen-bond acceptors (Lipinski definition) is 3. The van der Waals surface area contributed by atoms with Gasteiger partial charge in [-0.15, -0.1) is 0 Å². The van der Waals surface area contributed by atoms with Crippen LogP contribution in [0.1, 0.15) is 32.4 Å². The normalized spacial score (nSPS) is 14.7. The summed E-state index contributed by atoms with van der Waals surface area (Å²) in [5, 5.41) is 13.3. The van der Waals surface area contributed by atoms with Crippen LogP contribution in [0.25, 0.3) is 0 Å². The van der Waals surface area contributed by atoms with Gasteiger partial charge in [-0.25, -0.2) is 0 Å². The second-order valence-electron chi connectivity index (χ2n) is 4.68. The van der Waals surface area contributed by atoms with Crippen LogP contribution in [0.4, 0.5) is 0 Å². The fourth-order valence-corrected chi connectivity index (χ4v) is 2.02. The van der Waals surface area contributed by atoms with Crippen LogP contribution >= 0.6 is 0 Å². The number of nitrogens with one attached hydrogen (secondary N) is 1. The van der Waals surface area contributed by atoms with Crippen LogP contribution in [-0.2, 0) is 0 Å². The standard InChI is InChI=1S/C15H26N2O/c1-4-17(5-2)12-15(18)11-16-13(3)14-9-7-6-8-10-14/h6-10,13,15-16,18H,4-5,11-12H2,1-3H3/t13-,15?/m1/s1. The Balaban J connectivity index is 2.32. The lowest BCUT2D eigenvalue weighted by Crippen LogP contribution is -2.38. The van der Waals surface area contributed by atoms with Crippen LogP contribution in [0.3, 0.4) is 0 Å². The van der Waals surface area contributed by atoms with E-state index in [1.54, 1.807) is 0 Å². The Bertz CT molecular complexity index is 312. The molecule has 0 spiro atoms. The number of hydrogen-bond donors (Lipinski definition) is 2. The maximum Gasteiger partial charge on any atom is 0.0791 e. The van der Waals surface area contributed by atoms with E-state index in [0.29, 0.717) is 6.54 Å². The van der Waals surface area contributed by atoms with Crippen LogP contribution < -0.4 is 5.32 Å². The largest absolute Gasteiger partial charge is 0.390 e. The maximum absolute atomic E-state index is 9.97. The number of likely N-dealkylation sites (N-methyl/N-ethyl adjacent to an activating group) is 1. The van der Waals surface area contributed by atoms with E-state index in [2.05, 4.69) is 43.1 Å². The van der Waals surface area contributed by atoms with Crippen molar-refractivity contribution in [3.63, 3.8) is 0 Å². The summed E-state index contributed by atoms with van der Waals surface area (Å²) in [6.07, 6.45) is -0.309. The van der Waals surface area contributed by atoms with Gasteiger partial charge >= 0.3 is 0 Å². The predicted molar refractivity (Wildman–Crippen MR) is 76.7 cm³/mol. The number of nitrogens with zero attached hydrogens (tertiary/aromatic N) is 1. The van der Waals surface area contributed by atoms with Crippen LogP contribution in [0.5, 0.6) is 0 Å². The first-order valence-corrected chi connectivity index (χ1v) is 6.86. The summed E-state index contributed by atoms with van der Waals surface area (Å²) in [5.41, 5.74) is 1.26. The van der Waals surface area contributed by atoms with Crippen LogP contribution in [0.15, 0.2) is 30.3 Å². The quantitative estimate of drug-likeness (QED) is 0.741. The molecule has 102 valence electrons. The zero-order valence-electron chi connectivity index (χ0n) is 11.8. The van der Waals surface area contributed by atoms with E-state index in [4.69, 9.17) is 0 Å². The molecule has 0 radical (unpaired) electrons. The summed E-state index contributed by atoms with van der Waals surface area (Å²) >= 11 is 0. The Morgan fingerprint density at radius 2 is 1.78 bits per heavy atom. The van der Waals surface area contributed by atoms with Crippen LogP contribution in [-0.4, -0.2) is 42.3 Å². The van der Waals surface area contributed by atoms with Gasteiger partial charge < -0.3 is 15.3 Å². The van der Waals surface area contributed by atoms with Crippen molar-refractivity contribution in [1.82, 2.24) is 10.2 Å². The van der Waals surface area contributed by atoms with Crippen molar-refractivity contribution in [3.8, 4) is 0 Å². The van der Waals surface area contributed by atoms with Gasteiger partial charge in [-0.1, -0.05) is 44.2 Å². The van der Waals surface area contributed by atoms with E-state index in [9.17, 15) is 5.11 Å². The van der Waals surface area contributed by atoms with Gasteiger partial charge in [0.2, 0.25) is 0 Å². The molecule has 0 aliphatic rings. The van der Waals surface area contributed by atoms with Gasteiger partial charge in [0.15, 0.2) is 0 Å². The fraction of sp³-hybridized carbons (Fsp3) is 0.600. The van der Waals surface area contributed by atoms with Gasteiger partial charge in [-0.2, -0.15) is 0 Å². The van der Waals surface area contributed by atoms with Gasteiger partial charge in [-0.05, 0) is 25.6 Å². The summed E-state index contributed by atoms with van der Waals surface area (Å²) in [6, 6.07) is 10.6. The molecule has 3 nitrogen and oxygen atoms in total. The molecule has 0 heterocycles. The van der Waals surface area contributed by atoms with Crippen molar-refractivity contribution >= 4 is 0 Å². The van der Waals surface area contributed by atoms with E-state index < -0.39 is 0 Å². The van der Waals surface area contributed by atoms with Gasteiger partial charge in [0.1, 0.15) is 0 Å². The van der Waals surface area contributed by atoms with Crippen molar-refractivity contribution < 1.29 is 5.11 Å². The molecule has 0 aliphatic carbocycles. The van der Waals surface area contributed by atoms with E-state index in [-0.39, 0.29) is 12.1 Å². The third kappa shape index (κ3) is 5.17. The van der Waals surface area contributed by atoms with Crippen molar-refractivity contribution in [2.75, 3.05) is 26.2 Å². The summed E-state index contributed by atoms with van der Waals surface area (Å²) in [5.74, 6) is 0. The minimum atomic E-state index is -0.309. The molecule has 1 rings (SSSR count). The molecule has 1 aromatic carbocycles. The first-order valence-electron chi connectivity index (χ1n) is 6.86. The first kappa shape index (κ1) is 15.2. The Labute approximate surface area is 111 Å². The minimum Gasteiger partial charge on any atom is -0.390 e. The topological polar surface area (TPSA) is 35.5 Å². The number of rotatable bonds is 8. The van der Waals surface area contributed by atoms with Crippen molar-refractivity contribution in [3.05, 3.63) is 35.9 Å². The van der Waals surface area contributed by atoms with Gasteiger partial charge in [0.25, 0.3) is 0 Å². The third-order valence-electron chi connectivity index (χ3n) is 3.32. The third-order valence-corrected chi connectivity index (χ3v) is 3.32. The Morgan fingerprint density at radius 1 is 1.17 bits per heavy atom. The van der Waals surface area contributed by atoms with Gasteiger partial charge in [0.05, 0.1) is 6.10 Å². The average Bonchev–Trinajstić information content (AvgIpc) is 2.43. The molecule has 0 aliphatic heterocycles. The van der Waals surface area contributed by atoms with Crippen molar-refractivity contribution in [2.24, 2.45) is 0 Å². The molecule has 0 saturated carbocycles. The molecule has 2 N–H and O–H groups in total. The number of aliphatic hydroxyl groups is 1. The zero-order valence-corrected chi connectivity index (χ0v) is 11.8. The van der Waals surface area contributed by atoms with Gasteiger partial charge in [0, 0.05) is 19.1 Å². The summed E-state index contributed by atoms with van der Waals surface area (Å²) in [7, 11) is 0. The highest BCUT2D eigenvalue weighted by molar-refractivity contribution is 5.17. The number of benzene rings is 1.